The van der Waals surface area contributed by atoms with Crippen LogP contribution in [0.3, 0.4) is 0 Å². The topological polar surface area (TPSA) is 32.3 Å². The lowest BCUT2D eigenvalue weighted by Crippen LogP contribution is -2.25. The molecular weight excluding hydrogens is 222 g/mol. The van der Waals surface area contributed by atoms with Crippen molar-refractivity contribution < 1.29 is 5.11 Å². The minimum Gasteiger partial charge on any atom is -0.396 e. The maximum Gasteiger partial charge on any atom is 0.0435 e. The van der Waals surface area contributed by atoms with E-state index in [0.717, 1.165) is 30.0 Å². The highest BCUT2D eigenvalue weighted by Crippen LogP contribution is 2.16. The lowest BCUT2D eigenvalue weighted by molar-refractivity contribution is 0.276. The van der Waals surface area contributed by atoms with Gasteiger partial charge in [0.2, 0.25) is 0 Å². The van der Waals surface area contributed by atoms with Gasteiger partial charge in [0.05, 0.1) is 0 Å². The standard InChI is InChI=1S/C13H20ClNO/c1-10-8-12(5-6-13(10)14)9-15-11(2)4-3-7-16/h5-6,8,11,15-16H,3-4,7,9H2,1-2H3. The van der Waals surface area contributed by atoms with Crippen molar-refractivity contribution in [3.63, 3.8) is 0 Å². The third-order valence-corrected chi connectivity index (χ3v) is 3.10. The summed E-state index contributed by atoms with van der Waals surface area (Å²) in [5.41, 5.74) is 2.36. The summed E-state index contributed by atoms with van der Waals surface area (Å²) in [6.07, 6.45) is 1.86. The van der Waals surface area contributed by atoms with E-state index in [-0.39, 0.29) is 6.61 Å². The Bertz CT molecular complexity index is 328. The lowest BCUT2D eigenvalue weighted by atomic mass is 10.1. The molecule has 1 aromatic carbocycles. The Morgan fingerprint density at radius 1 is 1.44 bits per heavy atom. The van der Waals surface area contributed by atoms with E-state index in [9.17, 15) is 0 Å². The molecule has 1 atom stereocenters. The molecular formula is C13H20ClNO. The van der Waals surface area contributed by atoms with Crippen LogP contribution in [0.2, 0.25) is 5.02 Å². The normalized spacial score (nSPS) is 12.8. The van der Waals surface area contributed by atoms with Crippen molar-refractivity contribution in [3.05, 3.63) is 34.3 Å². The largest absolute Gasteiger partial charge is 0.396 e. The molecule has 1 aromatic rings. The maximum atomic E-state index is 8.72. The summed E-state index contributed by atoms with van der Waals surface area (Å²) in [6.45, 7) is 5.27. The number of aryl methyl sites for hydroxylation is 1. The van der Waals surface area contributed by atoms with Crippen molar-refractivity contribution >= 4 is 11.6 Å². The fourth-order valence-electron chi connectivity index (χ4n) is 1.61. The molecule has 3 heteroatoms. The zero-order valence-corrected chi connectivity index (χ0v) is 10.7. The van der Waals surface area contributed by atoms with Gasteiger partial charge in [-0.1, -0.05) is 23.7 Å². The van der Waals surface area contributed by atoms with Crippen molar-refractivity contribution in [2.45, 2.75) is 39.3 Å². The molecule has 90 valence electrons. The number of rotatable bonds is 6. The minimum atomic E-state index is 0.270. The van der Waals surface area contributed by atoms with Crippen molar-refractivity contribution in [2.24, 2.45) is 0 Å². The van der Waals surface area contributed by atoms with Crippen molar-refractivity contribution in [3.8, 4) is 0 Å². The fourth-order valence-corrected chi connectivity index (χ4v) is 1.73. The van der Waals surface area contributed by atoms with Gasteiger partial charge in [-0.2, -0.15) is 0 Å². The van der Waals surface area contributed by atoms with Gasteiger partial charge in [-0.15, -0.1) is 0 Å². The van der Waals surface area contributed by atoms with Crippen LogP contribution in [0.25, 0.3) is 0 Å². The van der Waals surface area contributed by atoms with Crippen LogP contribution in [0.15, 0.2) is 18.2 Å². The van der Waals surface area contributed by atoms with Crippen LogP contribution < -0.4 is 5.32 Å². The molecule has 1 unspecified atom stereocenters. The predicted octanol–water partition coefficient (Wildman–Crippen LogP) is 2.90. The Hall–Kier alpha value is -0.570. The van der Waals surface area contributed by atoms with Crippen LogP contribution in [-0.4, -0.2) is 17.8 Å². The molecule has 16 heavy (non-hydrogen) atoms. The molecule has 0 aromatic heterocycles. The quantitative estimate of drug-likeness (QED) is 0.803. The molecule has 0 saturated carbocycles. The molecule has 0 saturated heterocycles. The highest BCUT2D eigenvalue weighted by Gasteiger charge is 2.02. The lowest BCUT2D eigenvalue weighted by Gasteiger charge is -2.13. The summed E-state index contributed by atoms with van der Waals surface area (Å²) >= 11 is 5.96. The van der Waals surface area contributed by atoms with Gasteiger partial charge in [0.15, 0.2) is 0 Å². The van der Waals surface area contributed by atoms with Crippen LogP contribution in [0.5, 0.6) is 0 Å². The van der Waals surface area contributed by atoms with E-state index < -0.39 is 0 Å². The molecule has 2 nitrogen and oxygen atoms in total. The summed E-state index contributed by atoms with van der Waals surface area (Å²) < 4.78 is 0. The molecule has 0 amide bonds. The summed E-state index contributed by atoms with van der Waals surface area (Å²) in [5.74, 6) is 0. The Labute approximate surface area is 103 Å². The molecule has 1 rings (SSSR count). The minimum absolute atomic E-state index is 0.270. The van der Waals surface area contributed by atoms with Gasteiger partial charge in [0.1, 0.15) is 0 Å². The second-order valence-corrected chi connectivity index (χ2v) is 4.64. The predicted molar refractivity (Wildman–Crippen MR) is 68.8 cm³/mol. The molecule has 0 bridgehead atoms. The molecule has 2 N–H and O–H groups in total. The summed E-state index contributed by atoms with van der Waals surface area (Å²) in [5, 5.41) is 13.0. The van der Waals surface area contributed by atoms with Gasteiger partial charge in [-0.05, 0) is 43.9 Å². The Morgan fingerprint density at radius 3 is 2.81 bits per heavy atom. The van der Waals surface area contributed by atoms with Gasteiger partial charge in [0.25, 0.3) is 0 Å². The Balaban J connectivity index is 2.39. The third-order valence-electron chi connectivity index (χ3n) is 2.67. The highest BCUT2D eigenvalue weighted by molar-refractivity contribution is 6.31. The average molecular weight is 242 g/mol. The van der Waals surface area contributed by atoms with Gasteiger partial charge in [-0.3, -0.25) is 0 Å². The SMILES string of the molecule is Cc1cc(CNC(C)CCCO)ccc1Cl. The van der Waals surface area contributed by atoms with Crippen LogP contribution in [-0.2, 0) is 6.54 Å². The molecule has 0 aliphatic rings. The van der Waals surface area contributed by atoms with Crippen LogP contribution in [0.4, 0.5) is 0 Å². The van der Waals surface area contributed by atoms with Gasteiger partial charge in [0, 0.05) is 24.2 Å². The second-order valence-electron chi connectivity index (χ2n) is 4.23. The summed E-state index contributed by atoms with van der Waals surface area (Å²) in [7, 11) is 0. The van der Waals surface area contributed by atoms with Crippen LogP contribution >= 0.6 is 11.6 Å². The van der Waals surface area contributed by atoms with E-state index in [2.05, 4.69) is 18.3 Å². The first-order chi connectivity index (χ1) is 7.63. The van der Waals surface area contributed by atoms with Gasteiger partial charge < -0.3 is 10.4 Å². The first-order valence-electron chi connectivity index (χ1n) is 5.72. The zero-order valence-electron chi connectivity index (χ0n) is 9.96. The van der Waals surface area contributed by atoms with E-state index in [0.29, 0.717) is 6.04 Å². The number of hydrogen-bond donors (Lipinski definition) is 2. The monoisotopic (exact) mass is 241 g/mol. The first-order valence-corrected chi connectivity index (χ1v) is 6.10. The molecule has 0 heterocycles. The molecule has 0 aliphatic heterocycles. The fraction of sp³-hybridized carbons (Fsp3) is 0.538. The smallest absolute Gasteiger partial charge is 0.0435 e. The van der Waals surface area contributed by atoms with Gasteiger partial charge >= 0.3 is 0 Å². The highest BCUT2D eigenvalue weighted by atomic mass is 35.5. The Kier molecular flexibility index (Phi) is 5.81. The number of nitrogens with one attached hydrogen (secondary N) is 1. The number of halogens is 1. The Morgan fingerprint density at radius 2 is 2.19 bits per heavy atom. The van der Waals surface area contributed by atoms with E-state index in [1.165, 1.54) is 5.56 Å². The van der Waals surface area contributed by atoms with E-state index in [1.54, 1.807) is 0 Å². The number of aliphatic hydroxyl groups is 1. The van der Waals surface area contributed by atoms with Crippen molar-refractivity contribution in [1.82, 2.24) is 5.32 Å². The second kappa shape index (κ2) is 6.89. The van der Waals surface area contributed by atoms with E-state index >= 15 is 0 Å². The van der Waals surface area contributed by atoms with Crippen molar-refractivity contribution in [2.75, 3.05) is 6.61 Å². The zero-order chi connectivity index (χ0) is 12.0. The summed E-state index contributed by atoms with van der Waals surface area (Å²) in [4.78, 5) is 0. The van der Waals surface area contributed by atoms with E-state index in [1.807, 2.05) is 19.1 Å². The number of aliphatic hydroxyl groups excluding tert-OH is 1. The van der Waals surface area contributed by atoms with E-state index in [4.69, 9.17) is 16.7 Å². The number of hydrogen-bond acceptors (Lipinski definition) is 2. The molecule has 0 aliphatic carbocycles. The van der Waals surface area contributed by atoms with Crippen molar-refractivity contribution in [1.29, 1.82) is 0 Å². The molecule has 0 fully saturated rings. The van der Waals surface area contributed by atoms with Crippen LogP contribution in [0, 0.1) is 6.92 Å². The first kappa shape index (κ1) is 13.5. The summed E-state index contributed by atoms with van der Waals surface area (Å²) in [6, 6.07) is 6.52. The van der Waals surface area contributed by atoms with Crippen LogP contribution in [0.1, 0.15) is 30.9 Å². The molecule has 0 radical (unpaired) electrons. The average Bonchev–Trinajstić information content (AvgIpc) is 2.28. The third kappa shape index (κ3) is 4.52. The number of benzene rings is 1. The maximum absolute atomic E-state index is 8.72. The molecule has 0 spiro atoms. The van der Waals surface area contributed by atoms with Gasteiger partial charge in [-0.25, -0.2) is 0 Å².